The maximum atomic E-state index is 12.3. The lowest BCUT2D eigenvalue weighted by Crippen LogP contribution is -2.32. The maximum Gasteiger partial charge on any atom is 0.253 e. The standard InChI is InChI=1S/C24H30N4O2S.C5H12/c1-6-7-17-8-9-18(12-16(17)2)20-15-31-23(26-20)27-21(29)13-25-22(30)19-10-11-28(14-19)24(3,4)5;1-4-5(2)3/h8-12,14-15H,6-7,13H2,1-5H3,(H,25,30)(H,26,27,29);5H,4H2,1-3H3. The largest absolute Gasteiger partial charge is 0.348 e. The van der Waals surface area contributed by atoms with Gasteiger partial charge in [0, 0.05) is 28.9 Å². The Balaban J connectivity index is 0.000000830. The second-order valence-corrected chi connectivity index (χ2v) is 11.3. The number of aromatic nitrogens is 2. The zero-order valence-electron chi connectivity index (χ0n) is 23.1. The maximum absolute atomic E-state index is 12.3. The van der Waals surface area contributed by atoms with Gasteiger partial charge in [-0.3, -0.25) is 9.59 Å². The Morgan fingerprint density at radius 3 is 2.39 bits per heavy atom. The zero-order chi connectivity index (χ0) is 26.9. The van der Waals surface area contributed by atoms with Gasteiger partial charge in [-0.1, -0.05) is 52.7 Å². The fourth-order valence-corrected chi connectivity index (χ4v) is 3.98. The molecule has 0 bridgehead atoms. The first-order chi connectivity index (χ1) is 16.9. The summed E-state index contributed by atoms with van der Waals surface area (Å²) in [5.74, 6) is 0.301. The summed E-state index contributed by atoms with van der Waals surface area (Å²) >= 11 is 1.37. The van der Waals surface area contributed by atoms with Crippen LogP contribution in [0.3, 0.4) is 0 Å². The molecule has 3 aromatic rings. The van der Waals surface area contributed by atoms with Gasteiger partial charge < -0.3 is 15.2 Å². The molecule has 0 aliphatic rings. The minimum atomic E-state index is -0.307. The summed E-state index contributed by atoms with van der Waals surface area (Å²) in [5, 5.41) is 7.87. The molecule has 0 saturated heterocycles. The number of carbonyl (C=O) groups is 2. The van der Waals surface area contributed by atoms with Crippen LogP contribution in [0.25, 0.3) is 11.3 Å². The number of nitrogens with zero attached hydrogens (tertiary/aromatic N) is 2. The number of benzene rings is 1. The van der Waals surface area contributed by atoms with Crippen molar-refractivity contribution in [1.82, 2.24) is 14.9 Å². The highest BCUT2D eigenvalue weighted by Crippen LogP contribution is 2.27. The number of aryl methyl sites for hydroxylation is 2. The van der Waals surface area contributed by atoms with Crippen LogP contribution >= 0.6 is 11.3 Å². The zero-order valence-corrected chi connectivity index (χ0v) is 23.9. The number of hydrogen-bond donors (Lipinski definition) is 2. The molecule has 6 nitrogen and oxygen atoms in total. The normalized spacial score (nSPS) is 11.1. The number of nitrogens with one attached hydrogen (secondary N) is 2. The average molecular weight is 511 g/mol. The third kappa shape index (κ3) is 8.94. The van der Waals surface area contributed by atoms with E-state index in [2.05, 4.69) is 89.2 Å². The first-order valence-electron chi connectivity index (χ1n) is 12.8. The molecular weight excluding hydrogens is 468 g/mol. The van der Waals surface area contributed by atoms with Crippen LogP contribution in [0.4, 0.5) is 5.13 Å². The number of hydrogen-bond acceptors (Lipinski definition) is 4. The fraction of sp³-hybridized carbons (Fsp3) is 0.483. The molecule has 0 saturated carbocycles. The molecule has 196 valence electrons. The predicted molar refractivity (Wildman–Crippen MR) is 152 cm³/mol. The van der Waals surface area contributed by atoms with E-state index in [1.807, 2.05) is 16.1 Å². The van der Waals surface area contributed by atoms with E-state index in [0.717, 1.165) is 30.0 Å². The van der Waals surface area contributed by atoms with Crippen LogP contribution in [0, 0.1) is 12.8 Å². The monoisotopic (exact) mass is 510 g/mol. The summed E-state index contributed by atoms with van der Waals surface area (Å²) in [7, 11) is 0. The van der Waals surface area contributed by atoms with E-state index in [4.69, 9.17) is 0 Å². The Morgan fingerprint density at radius 2 is 1.83 bits per heavy atom. The molecule has 2 N–H and O–H groups in total. The van der Waals surface area contributed by atoms with Crippen molar-refractivity contribution < 1.29 is 9.59 Å². The Bertz CT molecular complexity index is 1140. The van der Waals surface area contributed by atoms with E-state index >= 15 is 0 Å². The van der Waals surface area contributed by atoms with Gasteiger partial charge in [0.15, 0.2) is 5.13 Å². The van der Waals surface area contributed by atoms with Crippen molar-refractivity contribution >= 4 is 28.3 Å². The van der Waals surface area contributed by atoms with E-state index in [1.165, 1.54) is 28.9 Å². The summed E-state index contributed by atoms with van der Waals surface area (Å²) in [5.41, 5.74) is 4.89. The first-order valence-corrected chi connectivity index (χ1v) is 13.6. The Kier molecular flexibility index (Phi) is 10.9. The predicted octanol–water partition coefficient (Wildman–Crippen LogP) is 7.05. The third-order valence-electron chi connectivity index (χ3n) is 5.86. The van der Waals surface area contributed by atoms with Crippen molar-refractivity contribution in [2.45, 2.75) is 80.2 Å². The minimum Gasteiger partial charge on any atom is -0.348 e. The van der Waals surface area contributed by atoms with Crippen LogP contribution in [-0.2, 0) is 16.8 Å². The van der Waals surface area contributed by atoms with Gasteiger partial charge in [-0.05, 0) is 63.3 Å². The highest BCUT2D eigenvalue weighted by molar-refractivity contribution is 7.14. The van der Waals surface area contributed by atoms with E-state index in [1.54, 1.807) is 12.3 Å². The second-order valence-electron chi connectivity index (χ2n) is 10.4. The molecule has 0 aliphatic carbocycles. The molecular formula is C29H42N4O2S. The van der Waals surface area contributed by atoms with Gasteiger partial charge in [0.05, 0.1) is 17.8 Å². The number of amides is 2. The van der Waals surface area contributed by atoms with Gasteiger partial charge in [0.25, 0.3) is 5.91 Å². The van der Waals surface area contributed by atoms with Crippen molar-refractivity contribution in [2.24, 2.45) is 5.92 Å². The molecule has 2 amide bonds. The molecule has 7 heteroatoms. The SMILES string of the molecule is CCC(C)C.CCCc1ccc(-c2csc(NC(=O)CNC(=O)c3ccn(C(C)(C)C)c3)n2)cc1C. The van der Waals surface area contributed by atoms with Crippen LogP contribution < -0.4 is 10.6 Å². The van der Waals surface area contributed by atoms with Gasteiger partial charge in [-0.25, -0.2) is 4.98 Å². The lowest BCUT2D eigenvalue weighted by atomic mass is 10.0. The Labute approximate surface area is 220 Å². The number of carbonyl (C=O) groups excluding carboxylic acids is 2. The molecule has 3 rings (SSSR count). The van der Waals surface area contributed by atoms with E-state index in [-0.39, 0.29) is 23.9 Å². The van der Waals surface area contributed by atoms with E-state index in [0.29, 0.717) is 10.7 Å². The highest BCUT2D eigenvalue weighted by atomic mass is 32.1. The lowest BCUT2D eigenvalue weighted by molar-refractivity contribution is -0.115. The molecule has 36 heavy (non-hydrogen) atoms. The molecule has 0 atom stereocenters. The van der Waals surface area contributed by atoms with Crippen LogP contribution in [0.1, 0.15) is 82.8 Å². The molecule has 0 unspecified atom stereocenters. The number of anilines is 1. The van der Waals surface area contributed by atoms with Crippen molar-refractivity contribution in [3.05, 3.63) is 58.7 Å². The smallest absolute Gasteiger partial charge is 0.253 e. The van der Waals surface area contributed by atoms with Gasteiger partial charge in [0.1, 0.15) is 0 Å². The fourth-order valence-electron chi connectivity index (χ4n) is 3.24. The number of rotatable bonds is 8. The van der Waals surface area contributed by atoms with Crippen molar-refractivity contribution in [1.29, 1.82) is 0 Å². The van der Waals surface area contributed by atoms with Gasteiger partial charge in [-0.2, -0.15) is 0 Å². The van der Waals surface area contributed by atoms with Gasteiger partial charge >= 0.3 is 0 Å². The highest BCUT2D eigenvalue weighted by Gasteiger charge is 2.16. The van der Waals surface area contributed by atoms with Crippen molar-refractivity contribution in [2.75, 3.05) is 11.9 Å². The summed E-state index contributed by atoms with van der Waals surface area (Å²) < 4.78 is 1.97. The molecule has 0 radical (unpaired) electrons. The summed E-state index contributed by atoms with van der Waals surface area (Å²) in [6, 6.07) is 8.10. The van der Waals surface area contributed by atoms with E-state index in [9.17, 15) is 9.59 Å². The van der Waals surface area contributed by atoms with Crippen LogP contribution in [0.15, 0.2) is 42.0 Å². The molecule has 2 heterocycles. The second kappa shape index (κ2) is 13.4. The molecule has 1 aromatic carbocycles. The van der Waals surface area contributed by atoms with Crippen molar-refractivity contribution in [3.8, 4) is 11.3 Å². The van der Waals surface area contributed by atoms with Crippen LogP contribution in [0.5, 0.6) is 0 Å². The van der Waals surface area contributed by atoms with Gasteiger partial charge in [-0.15, -0.1) is 11.3 Å². The lowest BCUT2D eigenvalue weighted by Gasteiger charge is -2.20. The Morgan fingerprint density at radius 1 is 1.14 bits per heavy atom. The number of thiazole rings is 1. The molecule has 0 spiro atoms. The molecule has 0 fully saturated rings. The van der Waals surface area contributed by atoms with Crippen LogP contribution in [-0.4, -0.2) is 27.9 Å². The van der Waals surface area contributed by atoms with E-state index < -0.39 is 0 Å². The quantitative estimate of drug-likeness (QED) is 0.341. The summed E-state index contributed by atoms with van der Waals surface area (Å²) in [6.45, 7) is 17.0. The minimum absolute atomic E-state index is 0.104. The van der Waals surface area contributed by atoms with Crippen molar-refractivity contribution in [3.63, 3.8) is 0 Å². The van der Waals surface area contributed by atoms with Crippen LogP contribution in [0.2, 0.25) is 0 Å². The molecule has 0 aliphatic heterocycles. The molecule has 2 aromatic heterocycles. The first kappa shape index (κ1) is 29.3. The summed E-state index contributed by atoms with van der Waals surface area (Å²) in [6.07, 6.45) is 7.14. The topological polar surface area (TPSA) is 76.0 Å². The summed E-state index contributed by atoms with van der Waals surface area (Å²) in [4.78, 5) is 29.1. The third-order valence-corrected chi connectivity index (χ3v) is 6.62. The average Bonchev–Trinajstić information content (AvgIpc) is 3.49. The Hall–Kier alpha value is -2.93. The van der Waals surface area contributed by atoms with Gasteiger partial charge in [0.2, 0.25) is 5.91 Å².